The van der Waals surface area contributed by atoms with Crippen LogP contribution in [0.1, 0.15) is 32.1 Å². The maximum Gasteiger partial charge on any atom is 0.218 e. The normalized spacial score (nSPS) is 43.0. The minimum absolute atomic E-state index is 0.738. The van der Waals surface area contributed by atoms with Crippen LogP contribution in [0.5, 0.6) is 0 Å². The van der Waals surface area contributed by atoms with Crippen molar-refractivity contribution in [2.75, 3.05) is 46.2 Å². The maximum atomic E-state index is 11.1. The van der Waals surface area contributed by atoms with E-state index in [1.165, 1.54) is 0 Å². The van der Waals surface area contributed by atoms with Gasteiger partial charge in [0.1, 0.15) is 79.4 Å². The molecule has 0 saturated carbocycles. The Hall–Kier alpha value is -4.30. The Balaban J connectivity index is 2.20. The van der Waals surface area contributed by atoms with Crippen molar-refractivity contribution in [2.24, 2.45) is 0 Å². The first kappa shape index (κ1) is 67.0. The van der Waals surface area contributed by atoms with E-state index >= 15 is 0 Å². The predicted octanol–water partition coefficient (Wildman–Crippen LogP) is -7.28. The van der Waals surface area contributed by atoms with Crippen LogP contribution in [0.15, 0.2) is 57.6 Å². The number of ether oxygens (including phenoxy) is 9. The molecule has 448 valence electrons. The van der Waals surface area contributed by atoms with E-state index in [4.69, 9.17) is 42.6 Å². The van der Waals surface area contributed by atoms with Crippen LogP contribution in [0.3, 0.4) is 0 Å². The molecule has 0 amide bonds. The minimum atomic E-state index is -2.84. The summed E-state index contributed by atoms with van der Waals surface area (Å²) in [5.41, 5.74) is 0. The van der Waals surface area contributed by atoms with Gasteiger partial charge in [0.2, 0.25) is 31.5 Å². The average Bonchev–Trinajstić information content (AvgIpc) is 3.41. The van der Waals surface area contributed by atoms with Gasteiger partial charge in [0.25, 0.3) is 0 Å². The predicted molar refractivity (Wildman–Crippen MR) is 240 cm³/mol. The number of rotatable bonds is 12. The van der Waals surface area contributed by atoms with Crippen LogP contribution in [-0.2, 0) is 42.6 Å². The van der Waals surface area contributed by atoms with Crippen molar-refractivity contribution in [2.45, 2.75) is 155 Å². The molecule has 20 atom stereocenters. The summed E-state index contributed by atoms with van der Waals surface area (Å²) in [6, 6.07) is 0. The number of fused-ring (bicyclic) bond motifs is 2. The number of aliphatic hydroxyl groups is 26. The van der Waals surface area contributed by atoms with Crippen molar-refractivity contribution in [3.05, 3.63) is 57.6 Å². The fourth-order valence-electron chi connectivity index (χ4n) is 7.47. The van der Waals surface area contributed by atoms with Crippen molar-refractivity contribution in [3.8, 4) is 0 Å². The summed E-state index contributed by atoms with van der Waals surface area (Å²) < 4.78 is 47.2. The third-order valence-corrected chi connectivity index (χ3v) is 11.7. The number of aliphatic hydroxyl groups excluding tert-OH is 26. The molecule has 0 aromatic rings. The standard InChI is InChI=1S/C42H70O35/c43-6-1-13-20(50)28(58)37(65)71-15(3-8-45)22(52)30(60)39(67)76-34-18(11-48)75-42(33(63)25(34)55)73-17(5-10-47)24(54)31(61)40(68)77-35-19(12-49)74-41(32(62)26(35)56)72-16(4-9-46)23(53)29(59)38(66)70-14(2-7-44)21(51)27(57)36(64)69-13/h13-19,25-26,32-68H,1-12H2/b27-21+,28-20+,29-23-,30-22+,31-24+/t13-,14-,15-,16-,17-,18?,19?,25?,26?,32?,33?,34-,35-,36+,37+,38+,39-,40-,41+,42+/m1/s1. The highest BCUT2D eigenvalue weighted by atomic mass is 16.7. The second kappa shape index (κ2) is 31.5. The van der Waals surface area contributed by atoms with Crippen LogP contribution in [0.25, 0.3) is 0 Å². The Bertz CT molecular complexity index is 1960. The van der Waals surface area contributed by atoms with Gasteiger partial charge in [-0.25, -0.2) is 0 Å². The molecule has 0 aliphatic carbocycles. The van der Waals surface area contributed by atoms with E-state index in [9.17, 15) is 133 Å². The largest absolute Gasteiger partial charge is 0.506 e. The van der Waals surface area contributed by atoms with Gasteiger partial charge in [-0.2, -0.15) is 0 Å². The fourth-order valence-corrected chi connectivity index (χ4v) is 7.47. The second-order valence-electron chi connectivity index (χ2n) is 16.9. The van der Waals surface area contributed by atoms with Gasteiger partial charge in [-0.15, -0.1) is 0 Å². The summed E-state index contributed by atoms with van der Waals surface area (Å²) in [5, 5.41) is 275. The highest BCUT2D eigenvalue weighted by Crippen LogP contribution is 2.33. The van der Waals surface area contributed by atoms with Crippen LogP contribution in [0, 0.1) is 0 Å². The zero-order valence-electron chi connectivity index (χ0n) is 40.3. The lowest BCUT2D eigenvalue weighted by Crippen LogP contribution is -2.61. The Morgan fingerprint density at radius 3 is 0.662 bits per heavy atom. The third kappa shape index (κ3) is 17.1. The van der Waals surface area contributed by atoms with Crippen molar-refractivity contribution in [3.63, 3.8) is 0 Å². The SMILES string of the molecule is OCC[C@H]1O[C@H]2OC(CO)[C@@H](O[C@@H](O)/C(O)=C(\O)[C@@H](CCO)O[C@H]3OC(CO)[C@@H](O[C@@H](O)/C(O)=C(\O)[C@@H](CCO)O[C@H](O)/C(O)=C(\O)[C@@H](CCO)O[C@H](O)/C(O)=C(\O)[C@@H](CCO)O[C@H](O)/C(O)=C\1O)C(O)C3O)C(O)C2O. The molecule has 2 saturated heterocycles. The molecule has 77 heavy (non-hydrogen) atoms. The van der Waals surface area contributed by atoms with Crippen LogP contribution < -0.4 is 0 Å². The van der Waals surface area contributed by atoms with Crippen molar-refractivity contribution < 1.29 is 175 Å². The lowest BCUT2D eigenvalue weighted by atomic mass is 9.98. The molecule has 35 nitrogen and oxygen atoms in total. The molecule has 5 heterocycles. The summed E-state index contributed by atoms with van der Waals surface area (Å²) in [6.45, 7) is -7.11. The van der Waals surface area contributed by atoms with Crippen molar-refractivity contribution in [1.29, 1.82) is 0 Å². The smallest absolute Gasteiger partial charge is 0.218 e. The fraction of sp³-hybridized carbons (Fsp3) is 0.762. The monoisotopic (exact) mass is 1130 g/mol. The van der Waals surface area contributed by atoms with Gasteiger partial charge in [0, 0.05) is 65.1 Å². The van der Waals surface area contributed by atoms with Gasteiger partial charge in [0.15, 0.2) is 70.2 Å². The van der Waals surface area contributed by atoms with E-state index in [-0.39, 0.29) is 0 Å². The van der Waals surface area contributed by atoms with Crippen molar-refractivity contribution >= 4 is 0 Å². The molecule has 4 bridgehead atoms. The van der Waals surface area contributed by atoms with Crippen LogP contribution in [0.4, 0.5) is 0 Å². The molecule has 5 aliphatic rings. The molecule has 2 fully saturated rings. The van der Waals surface area contributed by atoms with Gasteiger partial charge < -0.3 is 175 Å². The van der Waals surface area contributed by atoms with E-state index in [0.29, 0.717) is 0 Å². The highest BCUT2D eigenvalue weighted by molar-refractivity contribution is 5.14. The third-order valence-electron chi connectivity index (χ3n) is 11.7. The van der Waals surface area contributed by atoms with Gasteiger partial charge in [0.05, 0.1) is 13.2 Å². The molecule has 35 heteroatoms. The lowest BCUT2D eigenvalue weighted by molar-refractivity contribution is -0.331. The quantitative estimate of drug-likeness (QED) is 0.0863. The van der Waals surface area contributed by atoms with Gasteiger partial charge >= 0.3 is 0 Å². The van der Waals surface area contributed by atoms with Crippen molar-refractivity contribution in [1.82, 2.24) is 0 Å². The molecule has 0 aromatic carbocycles. The molecule has 0 radical (unpaired) electrons. The lowest BCUT2D eigenvalue weighted by Gasteiger charge is -2.43. The topological polar surface area (TPSA) is 609 Å². The van der Waals surface area contributed by atoms with E-state index in [1.807, 2.05) is 0 Å². The number of hydrogen-bond acceptors (Lipinski definition) is 35. The summed E-state index contributed by atoms with van der Waals surface area (Å²) in [7, 11) is 0. The van der Waals surface area contributed by atoms with E-state index in [2.05, 4.69) is 0 Å². The van der Waals surface area contributed by atoms with Gasteiger partial charge in [-0.1, -0.05) is 0 Å². The summed E-state index contributed by atoms with van der Waals surface area (Å²) in [5.74, 6) is -15.6. The summed E-state index contributed by atoms with van der Waals surface area (Å²) in [6.07, 6.45) is -50.6. The van der Waals surface area contributed by atoms with Crippen LogP contribution in [-0.4, -0.2) is 302 Å². The first-order valence-corrected chi connectivity index (χ1v) is 23.2. The summed E-state index contributed by atoms with van der Waals surface area (Å²) in [4.78, 5) is 0. The zero-order valence-corrected chi connectivity index (χ0v) is 40.3. The molecular formula is C42H70O35. The van der Waals surface area contributed by atoms with Crippen LogP contribution in [0.2, 0.25) is 0 Å². The second-order valence-corrected chi connectivity index (χ2v) is 16.9. The maximum absolute atomic E-state index is 11.1. The van der Waals surface area contributed by atoms with E-state index < -0.39 is 259 Å². The Kier molecular flexibility index (Phi) is 27.4. The average molecular weight is 1130 g/mol. The van der Waals surface area contributed by atoms with E-state index in [1.54, 1.807) is 0 Å². The molecule has 0 spiro atoms. The molecule has 0 aromatic heterocycles. The zero-order chi connectivity index (χ0) is 58.2. The molecule has 6 unspecified atom stereocenters. The molecular weight excluding hydrogens is 1060 g/mol. The Labute approximate surface area is 434 Å². The number of hydrogen-bond donors (Lipinski definition) is 26. The van der Waals surface area contributed by atoms with Crippen LogP contribution >= 0.6 is 0 Å². The van der Waals surface area contributed by atoms with E-state index in [0.717, 1.165) is 0 Å². The summed E-state index contributed by atoms with van der Waals surface area (Å²) >= 11 is 0. The first-order valence-electron chi connectivity index (χ1n) is 23.2. The first-order chi connectivity index (χ1) is 36.3. The highest BCUT2D eigenvalue weighted by Gasteiger charge is 2.50. The van der Waals surface area contributed by atoms with Gasteiger partial charge in [-0.05, 0) is 0 Å². The van der Waals surface area contributed by atoms with Gasteiger partial charge in [-0.3, -0.25) is 0 Å². The molecule has 26 N–H and O–H groups in total. The minimum Gasteiger partial charge on any atom is -0.506 e. The Morgan fingerprint density at radius 1 is 0.247 bits per heavy atom. The molecule has 5 aliphatic heterocycles. The Morgan fingerprint density at radius 2 is 0.455 bits per heavy atom. The molecule has 5 rings (SSSR count).